The van der Waals surface area contributed by atoms with Gasteiger partial charge >= 0.3 is 0 Å². The predicted octanol–water partition coefficient (Wildman–Crippen LogP) is 3.01. The van der Waals surface area contributed by atoms with Gasteiger partial charge < -0.3 is 4.57 Å². The Hall–Kier alpha value is -2.29. The number of aromatic nitrogens is 1. The molecule has 0 bridgehead atoms. The minimum absolute atomic E-state index is 0.153. The summed E-state index contributed by atoms with van der Waals surface area (Å²) in [6, 6.07) is 13.6. The van der Waals surface area contributed by atoms with E-state index in [0.717, 1.165) is 10.2 Å². The van der Waals surface area contributed by atoms with Crippen LogP contribution in [0.1, 0.15) is 24.2 Å². The van der Waals surface area contributed by atoms with Crippen LogP contribution < -0.4 is 4.80 Å². The van der Waals surface area contributed by atoms with Crippen molar-refractivity contribution in [2.75, 3.05) is 7.05 Å². The number of rotatable bonds is 4. The zero-order valence-corrected chi connectivity index (χ0v) is 17.2. The Kier molecular flexibility index (Phi) is 5.32. The Morgan fingerprint density at radius 3 is 2.33 bits per heavy atom. The van der Waals surface area contributed by atoms with E-state index in [-0.39, 0.29) is 10.9 Å². The Bertz CT molecular complexity index is 1160. The normalized spacial score (nSPS) is 13.0. The van der Waals surface area contributed by atoms with E-state index in [4.69, 9.17) is 0 Å². The van der Waals surface area contributed by atoms with Crippen LogP contribution in [0.5, 0.6) is 0 Å². The van der Waals surface area contributed by atoms with Crippen molar-refractivity contribution in [3.63, 3.8) is 0 Å². The van der Waals surface area contributed by atoms with Crippen LogP contribution >= 0.6 is 11.3 Å². The Morgan fingerprint density at radius 1 is 1.11 bits per heavy atom. The van der Waals surface area contributed by atoms with E-state index in [1.807, 2.05) is 35.9 Å². The molecule has 3 rings (SSSR count). The molecule has 142 valence electrons. The molecule has 0 aliphatic rings. The maximum atomic E-state index is 12.5. The van der Waals surface area contributed by atoms with Crippen LogP contribution in [0.3, 0.4) is 0 Å². The fraction of sp³-hybridized carbons (Fsp3) is 0.263. The molecule has 8 heteroatoms. The highest BCUT2D eigenvalue weighted by Gasteiger charge is 2.23. The third kappa shape index (κ3) is 3.73. The first-order valence-corrected chi connectivity index (χ1v) is 10.7. The quantitative estimate of drug-likeness (QED) is 0.672. The number of sulfonamides is 1. The van der Waals surface area contributed by atoms with Crippen molar-refractivity contribution in [3.05, 3.63) is 58.9 Å². The molecule has 0 spiro atoms. The van der Waals surface area contributed by atoms with Crippen LogP contribution in [-0.2, 0) is 17.1 Å². The van der Waals surface area contributed by atoms with E-state index in [2.05, 4.69) is 4.99 Å². The van der Waals surface area contributed by atoms with Crippen molar-refractivity contribution < 1.29 is 13.2 Å². The largest absolute Gasteiger partial charge is 0.319 e. The summed E-state index contributed by atoms with van der Waals surface area (Å²) in [7, 11) is -0.173. The fourth-order valence-electron chi connectivity index (χ4n) is 2.55. The maximum absolute atomic E-state index is 12.5. The van der Waals surface area contributed by atoms with Crippen molar-refractivity contribution >= 4 is 37.5 Å². The number of thiazole rings is 1. The first-order valence-electron chi connectivity index (χ1n) is 8.43. The fourth-order valence-corrected chi connectivity index (χ4v) is 4.94. The molecule has 1 amide bonds. The third-order valence-electron chi connectivity index (χ3n) is 4.42. The van der Waals surface area contributed by atoms with Gasteiger partial charge in [0, 0.05) is 25.7 Å². The Labute approximate surface area is 162 Å². The summed E-state index contributed by atoms with van der Waals surface area (Å²) in [6.45, 7) is 3.61. The van der Waals surface area contributed by atoms with Gasteiger partial charge in [0.1, 0.15) is 0 Å². The van der Waals surface area contributed by atoms with E-state index in [0.29, 0.717) is 10.4 Å². The molecule has 27 heavy (non-hydrogen) atoms. The van der Waals surface area contributed by atoms with Crippen LogP contribution in [0, 0.1) is 0 Å². The number of nitrogens with zero attached hydrogens (tertiary/aromatic N) is 3. The standard InChI is InChI=1S/C19H21N3O3S2/c1-13(2)22(4)27(24,25)15-11-9-14(10-12-15)18(23)20-19-21(3)16-7-5-6-8-17(16)26-19/h5-13H,1-4H3. The molecule has 6 nitrogen and oxygen atoms in total. The lowest BCUT2D eigenvalue weighted by molar-refractivity contribution is 0.0998. The average Bonchev–Trinajstić information content (AvgIpc) is 2.97. The van der Waals surface area contributed by atoms with Crippen molar-refractivity contribution in [1.82, 2.24) is 8.87 Å². The highest BCUT2D eigenvalue weighted by Crippen LogP contribution is 2.18. The molecule has 0 saturated heterocycles. The van der Waals surface area contributed by atoms with Gasteiger partial charge in [0.15, 0.2) is 4.80 Å². The van der Waals surface area contributed by atoms with Gasteiger partial charge in [-0.15, -0.1) is 0 Å². The number of aryl methyl sites for hydroxylation is 1. The van der Waals surface area contributed by atoms with E-state index < -0.39 is 15.9 Å². The van der Waals surface area contributed by atoms with Gasteiger partial charge in [-0.05, 0) is 50.2 Å². The molecule has 2 aromatic carbocycles. The van der Waals surface area contributed by atoms with Crippen molar-refractivity contribution in [2.45, 2.75) is 24.8 Å². The second-order valence-electron chi connectivity index (χ2n) is 6.47. The smallest absolute Gasteiger partial charge is 0.279 e. The third-order valence-corrected chi connectivity index (χ3v) is 7.58. The molecule has 1 heterocycles. The zero-order chi connectivity index (χ0) is 19.8. The van der Waals surface area contributed by atoms with Crippen LogP contribution in [0.2, 0.25) is 0 Å². The summed E-state index contributed by atoms with van der Waals surface area (Å²) >= 11 is 1.43. The summed E-state index contributed by atoms with van der Waals surface area (Å²) in [6.07, 6.45) is 0. The molecule has 0 aliphatic heterocycles. The highest BCUT2D eigenvalue weighted by atomic mass is 32.2. The van der Waals surface area contributed by atoms with E-state index in [1.54, 1.807) is 13.8 Å². The van der Waals surface area contributed by atoms with E-state index in [1.165, 1.54) is 47.0 Å². The molecule has 0 unspecified atom stereocenters. The molecule has 3 aromatic rings. The van der Waals surface area contributed by atoms with Gasteiger partial charge in [-0.2, -0.15) is 9.30 Å². The molecule has 1 aromatic heterocycles. The van der Waals surface area contributed by atoms with E-state index in [9.17, 15) is 13.2 Å². The molecule has 0 N–H and O–H groups in total. The van der Waals surface area contributed by atoms with Crippen molar-refractivity contribution in [2.24, 2.45) is 12.0 Å². The van der Waals surface area contributed by atoms with Gasteiger partial charge in [-0.1, -0.05) is 23.5 Å². The summed E-state index contributed by atoms with van der Waals surface area (Å²) in [5.74, 6) is -0.404. The lowest BCUT2D eigenvalue weighted by Crippen LogP contribution is -2.33. The monoisotopic (exact) mass is 403 g/mol. The number of hydrogen-bond acceptors (Lipinski definition) is 4. The number of amides is 1. The van der Waals surface area contributed by atoms with Crippen LogP contribution in [-0.4, -0.2) is 36.3 Å². The Morgan fingerprint density at radius 2 is 1.74 bits per heavy atom. The molecule has 0 atom stereocenters. The lowest BCUT2D eigenvalue weighted by atomic mass is 10.2. The summed E-state index contributed by atoms with van der Waals surface area (Å²) in [4.78, 5) is 17.5. The number of hydrogen-bond donors (Lipinski definition) is 0. The summed E-state index contributed by atoms with van der Waals surface area (Å²) in [5.41, 5.74) is 1.35. The maximum Gasteiger partial charge on any atom is 0.279 e. The highest BCUT2D eigenvalue weighted by molar-refractivity contribution is 7.89. The van der Waals surface area contributed by atoms with Gasteiger partial charge in [-0.3, -0.25) is 4.79 Å². The minimum atomic E-state index is -3.57. The first kappa shape index (κ1) is 19.5. The number of para-hydroxylation sites is 1. The summed E-state index contributed by atoms with van der Waals surface area (Å²) < 4.78 is 29.2. The van der Waals surface area contributed by atoms with Crippen LogP contribution in [0.4, 0.5) is 0 Å². The minimum Gasteiger partial charge on any atom is -0.319 e. The van der Waals surface area contributed by atoms with Crippen molar-refractivity contribution in [3.8, 4) is 0 Å². The first-order chi connectivity index (χ1) is 12.7. The number of carbonyl (C=O) groups excluding carboxylic acids is 1. The molecule has 0 radical (unpaired) electrons. The van der Waals surface area contributed by atoms with Gasteiger partial charge in [0.25, 0.3) is 5.91 Å². The average molecular weight is 404 g/mol. The Balaban J connectivity index is 1.93. The lowest BCUT2D eigenvalue weighted by Gasteiger charge is -2.20. The van der Waals surface area contributed by atoms with Crippen LogP contribution in [0.25, 0.3) is 10.2 Å². The molecule has 0 saturated carbocycles. The number of fused-ring (bicyclic) bond motifs is 1. The summed E-state index contributed by atoms with van der Waals surface area (Å²) in [5, 5.41) is 0. The predicted molar refractivity (Wildman–Crippen MR) is 107 cm³/mol. The van der Waals surface area contributed by atoms with Gasteiger partial charge in [0.05, 0.1) is 15.1 Å². The van der Waals surface area contributed by atoms with Crippen LogP contribution in [0.15, 0.2) is 58.4 Å². The molecular formula is C19H21N3O3S2. The molecule has 0 fully saturated rings. The zero-order valence-electron chi connectivity index (χ0n) is 15.6. The van der Waals surface area contributed by atoms with E-state index >= 15 is 0 Å². The second kappa shape index (κ2) is 7.38. The van der Waals surface area contributed by atoms with Gasteiger partial charge in [-0.25, -0.2) is 8.42 Å². The number of carbonyl (C=O) groups is 1. The number of benzene rings is 2. The topological polar surface area (TPSA) is 71.7 Å². The molecular weight excluding hydrogens is 382 g/mol. The van der Waals surface area contributed by atoms with Crippen molar-refractivity contribution in [1.29, 1.82) is 0 Å². The van der Waals surface area contributed by atoms with Gasteiger partial charge in [0.2, 0.25) is 10.0 Å². The second-order valence-corrected chi connectivity index (χ2v) is 9.47. The molecule has 0 aliphatic carbocycles. The SMILES string of the molecule is CC(C)N(C)S(=O)(=O)c1ccc(C(=O)N=c2sc3ccccc3n2C)cc1.